The second-order valence-corrected chi connectivity index (χ2v) is 20.3. The van der Waals surface area contributed by atoms with E-state index in [2.05, 4.69) is 52.8 Å². The molecule has 1 fully saturated rings. The number of hydrogen-bond donors (Lipinski definition) is 12. The molecule has 26 heteroatoms. The number of guanidine groups is 1. The van der Waals surface area contributed by atoms with E-state index in [0.29, 0.717) is 24.9 Å². The third-order valence-electron chi connectivity index (χ3n) is 9.63. The smallest absolute Gasteiger partial charge is 0.305 e. The molecule has 0 aromatic heterocycles. The van der Waals surface area contributed by atoms with Gasteiger partial charge in [0.25, 0.3) is 0 Å². The molecule has 23 nitrogen and oxygen atoms in total. The number of hydrogen-bond acceptors (Lipinski definition) is 15. The molecule has 1 aromatic carbocycles. The summed E-state index contributed by atoms with van der Waals surface area (Å²) >= 11 is 0.761. The third kappa shape index (κ3) is 24.4. The number of nitrogens with two attached hydrogens (primary N) is 2. The number of unbranched alkanes of at least 4 members (excludes halogenated alkanes) is 1. The van der Waals surface area contributed by atoms with Crippen molar-refractivity contribution in [3.8, 4) is 0 Å². The van der Waals surface area contributed by atoms with Crippen molar-refractivity contribution in [2.45, 2.75) is 114 Å². The lowest BCUT2D eigenvalue weighted by Crippen LogP contribution is -2.58. The number of ketones is 1. The van der Waals surface area contributed by atoms with Crippen LogP contribution in [-0.4, -0.2) is 155 Å². The average Bonchev–Trinajstić information content (AvgIpc) is 3.26. The quantitative estimate of drug-likeness (QED) is 0.0340. The van der Waals surface area contributed by atoms with E-state index < -0.39 is 120 Å². The van der Waals surface area contributed by atoms with Crippen LogP contribution in [0.2, 0.25) is 0 Å². The van der Waals surface area contributed by atoms with Crippen LogP contribution in [0.25, 0.3) is 0 Å². The number of nitrogens with one attached hydrogen (secondary N) is 9. The van der Waals surface area contributed by atoms with Crippen molar-refractivity contribution in [3.05, 3.63) is 35.9 Å². The fourth-order valence-electron chi connectivity index (χ4n) is 6.24. The summed E-state index contributed by atoms with van der Waals surface area (Å²) in [5.74, 6) is -9.44. The Balaban J connectivity index is 2.57. The van der Waals surface area contributed by atoms with Gasteiger partial charge in [0, 0.05) is 24.3 Å². The van der Waals surface area contributed by atoms with E-state index in [1.54, 1.807) is 36.6 Å². The molecule has 68 heavy (non-hydrogen) atoms. The van der Waals surface area contributed by atoms with Crippen molar-refractivity contribution in [1.82, 2.24) is 47.9 Å². The minimum Gasteiger partial charge on any atom is -0.481 e. The molecular weight excluding hydrogens is 945 g/mol. The Kier molecular flexibility index (Phi) is 26.4. The molecule has 2 rings (SSSR count). The molecule has 1 aliphatic heterocycles. The van der Waals surface area contributed by atoms with Gasteiger partial charge in [0.2, 0.25) is 47.3 Å². The van der Waals surface area contributed by atoms with Gasteiger partial charge in [-0.25, -0.2) is 0 Å². The Morgan fingerprint density at radius 3 is 1.87 bits per heavy atom. The van der Waals surface area contributed by atoms with E-state index in [1.165, 1.54) is 28.5 Å². The molecule has 1 heterocycles. The summed E-state index contributed by atoms with van der Waals surface area (Å²) in [6, 6.07) is 1.76. The van der Waals surface area contributed by atoms with Crippen molar-refractivity contribution in [1.29, 1.82) is 0 Å². The van der Waals surface area contributed by atoms with Crippen LogP contribution in [0.5, 0.6) is 0 Å². The van der Waals surface area contributed by atoms with Crippen LogP contribution < -0.4 is 59.3 Å². The summed E-state index contributed by atoms with van der Waals surface area (Å²) in [7, 11) is 2.54. The van der Waals surface area contributed by atoms with Crippen LogP contribution >= 0.6 is 33.3 Å². The monoisotopic (exact) mass is 1010 g/mol. The van der Waals surface area contributed by atoms with Gasteiger partial charge in [-0.15, -0.1) is 11.8 Å². The molecule has 8 amide bonds. The minimum atomic E-state index is -1.73. The highest BCUT2D eigenvalue weighted by molar-refractivity contribution is 8.76. The molecule has 0 spiro atoms. The molecule has 6 unspecified atom stereocenters. The number of rotatable bonds is 17. The molecular formula is C42H66N12O11S3. The molecule has 0 bridgehead atoms. The molecule has 378 valence electrons. The van der Waals surface area contributed by atoms with Gasteiger partial charge in [-0.2, -0.15) is 0 Å². The highest BCUT2D eigenvalue weighted by Gasteiger charge is 2.32. The molecule has 0 saturated carbocycles. The maximum Gasteiger partial charge on any atom is 0.305 e. The fraction of sp³-hybridized carbons (Fsp3) is 0.595. The Bertz CT molecular complexity index is 1940. The normalized spacial score (nSPS) is 22.4. The van der Waals surface area contributed by atoms with E-state index in [9.17, 15) is 53.1 Å². The van der Waals surface area contributed by atoms with Gasteiger partial charge >= 0.3 is 5.97 Å². The summed E-state index contributed by atoms with van der Waals surface area (Å²) < 4.78 is 0. The molecule has 1 aromatic rings. The Morgan fingerprint density at radius 2 is 1.28 bits per heavy atom. The van der Waals surface area contributed by atoms with E-state index in [1.807, 2.05) is 20.8 Å². The lowest BCUT2D eigenvalue weighted by atomic mass is 10.1. The topological polar surface area (TPSA) is 364 Å². The number of amides is 8. The Labute approximate surface area is 407 Å². The van der Waals surface area contributed by atoms with Gasteiger partial charge in [-0.05, 0) is 78.2 Å². The third-order valence-corrected chi connectivity index (χ3v) is 12.7. The zero-order valence-electron chi connectivity index (χ0n) is 38.9. The van der Waals surface area contributed by atoms with Crippen LogP contribution in [0.15, 0.2) is 35.3 Å². The predicted molar refractivity (Wildman–Crippen MR) is 261 cm³/mol. The second kappa shape index (κ2) is 30.7. The first kappa shape index (κ1) is 58.5. The van der Waals surface area contributed by atoms with Crippen LogP contribution in [0.4, 0.5) is 0 Å². The van der Waals surface area contributed by atoms with Crippen molar-refractivity contribution in [3.63, 3.8) is 0 Å². The molecule has 1 aliphatic rings. The first-order valence-corrected chi connectivity index (χ1v) is 25.5. The number of carbonyl (C=O) groups is 10. The Hall–Kier alpha value is -5.60. The highest BCUT2D eigenvalue weighted by atomic mass is 33.1. The first-order chi connectivity index (χ1) is 32.1. The van der Waals surface area contributed by atoms with Crippen molar-refractivity contribution < 1.29 is 53.1 Å². The van der Waals surface area contributed by atoms with E-state index >= 15 is 0 Å². The summed E-state index contributed by atoms with van der Waals surface area (Å²) in [5, 5.41) is 31.5. The van der Waals surface area contributed by atoms with E-state index in [0.717, 1.165) is 11.8 Å². The molecule has 14 N–H and O–H groups in total. The Morgan fingerprint density at radius 1 is 0.735 bits per heavy atom. The van der Waals surface area contributed by atoms with Gasteiger partial charge < -0.3 is 64.4 Å². The van der Waals surface area contributed by atoms with Gasteiger partial charge in [-0.1, -0.05) is 51.9 Å². The summed E-state index contributed by atoms with van der Waals surface area (Å²) in [4.78, 5) is 137. The first-order valence-electron chi connectivity index (χ1n) is 21.8. The minimum absolute atomic E-state index is 0.0221. The number of carbonyl (C=O) groups excluding carboxylic acids is 9. The molecule has 0 aliphatic carbocycles. The number of benzene rings is 1. The number of thioether (sulfide) groups is 1. The zero-order chi connectivity index (χ0) is 50.8. The molecule has 0 radical (unpaired) electrons. The second-order valence-electron chi connectivity index (χ2n) is 16.6. The van der Waals surface area contributed by atoms with Crippen molar-refractivity contribution >= 4 is 98.3 Å². The predicted octanol–water partition coefficient (Wildman–Crippen LogP) is -2.24. The fourth-order valence-corrected chi connectivity index (χ4v) is 8.40. The van der Waals surface area contributed by atoms with Gasteiger partial charge in [-0.3, -0.25) is 52.9 Å². The van der Waals surface area contributed by atoms with Crippen LogP contribution in [0.3, 0.4) is 0 Å². The SMILES string of the molecule is CSSCC1NC(=O)C(CCCCNC(C)(C)C)NC(=O)CSC(C(C)=O)NC(=O)C(Cc2ccccc2)NC(=O)CNC(=O)C(CC(=O)O)NC(=O)CNC(=O)C(CCCN=C(N)N)NC1=O. The molecule has 1 saturated heterocycles. The summed E-state index contributed by atoms with van der Waals surface area (Å²) in [6.45, 7) is 6.32. The lowest BCUT2D eigenvalue weighted by Gasteiger charge is -2.26. The summed E-state index contributed by atoms with van der Waals surface area (Å²) in [5.41, 5.74) is 11.3. The molecule has 6 atom stereocenters. The average molecular weight is 1010 g/mol. The maximum absolute atomic E-state index is 14.0. The maximum atomic E-state index is 14.0. The highest BCUT2D eigenvalue weighted by Crippen LogP contribution is 2.19. The van der Waals surface area contributed by atoms with Crippen molar-refractivity contribution in [2.24, 2.45) is 16.5 Å². The van der Waals surface area contributed by atoms with Crippen LogP contribution in [-0.2, 0) is 54.4 Å². The zero-order valence-corrected chi connectivity index (χ0v) is 41.3. The van der Waals surface area contributed by atoms with Crippen LogP contribution in [0, 0.1) is 0 Å². The number of Topliss-reactive ketones (excluding diaryl/α,β-unsaturated/α-hetero) is 1. The largest absolute Gasteiger partial charge is 0.481 e. The number of aliphatic carboxylic acids is 1. The summed E-state index contributed by atoms with van der Waals surface area (Å²) in [6.07, 6.45) is 2.13. The van der Waals surface area contributed by atoms with Crippen molar-refractivity contribution in [2.75, 3.05) is 43.9 Å². The number of nitrogens with zero attached hydrogens (tertiary/aromatic N) is 1. The van der Waals surface area contributed by atoms with Gasteiger partial charge in [0.15, 0.2) is 11.7 Å². The van der Waals surface area contributed by atoms with Gasteiger partial charge in [0.1, 0.15) is 35.6 Å². The van der Waals surface area contributed by atoms with E-state index in [4.69, 9.17) is 11.5 Å². The number of aliphatic imine (C=N–C) groups is 1. The standard InChI is InChI=1S/C42H66N12O11S3/c1-24(55)40-54-38(64)28(18-25-12-7-6-8-13-25)50-31(56)21-47-36(62)29(19-34(59)60)51-32(57)20-46-35(61)26(15-11-16-45-41(43)44)52-39(65)30(22-68-66-5)53-37(63)27(49-33(58)23-67-40)14-9-10-17-48-42(2,3)4/h6-8,12-13,26-30,40,48H,9-11,14-23H2,1-5H3,(H,46,61)(H,47,62)(H,49,58)(H,50,56)(H,51,57)(H,52,65)(H,53,63)(H,54,64)(H,59,60)(H4,43,44,45). The number of carboxylic acid groups (broad SMARTS) is 1. The van der Waals surface area contributed by atoms with Gasteiger partial charge in [0.05, 0.1) is 25.3 Å². The lowest BCUT2D eigenvalue weighted by molar-refractivity contribution is -0.141. The van der Waals surface area contributed by atoms with Crippen LogP contribution in [0.1, 0.15) is 71.8 Å². The number of carboxylic acids is 1. The van der Waals surface area contributed by atoms with E-state index in [-0.39, 0.29) is 49.5 Å².